The molecule has 2 aromatic carbocycles. The molecule has 0 spiro atoms. The summed E-state index contributed by atoms with van der Waals surface area (Å²) in [4.78, 5) is 11.2. The van der Waals surface area contributed by atoms with E-state index in [0.29, 0.717) is 16.9 Å². The Morgan fingerprint density at radius 1 is 1.21 bits per heavy atom. The van der Waals surface area contributed by atoms with Crippen molar-refractivity contribution in [3.63, 3.8) is 0 Å². The summed E-state index contributed by atoms with van der Waals surface area (Å²) in [6, 6.07) is 9.44. The van der Waals surface area contributed by atoms with Crippen LogP contribution in [0.2, 0.25) is 0 Å². The summed E-state index contributed by atoms with van der Waals surface area (Å²) < 4.78 is 10.9. The summed E-state index contributed by atoms with van der Waals surface area (Å²) in [6.45, 7) is 1.74. The molecule has 1 heterocycles. The number of carboxylic acid groups (broad SMARTS) is 1. The zero-order valence-electron chi connectivity index (χ0n) is 10.6. The molecule has 0 bridgehead atoms. The second-order valence-electron chi connectivity index (χ2n) is 4.36. The van der Waals surface area contributed by atoms with Crippen LogP contribution in [-0.4, -0.2) is 18.2 Å². The molecule has 0 atom stereocenters. The quantitative estimate of drug-likeness (QED) is 0.761. The van der Waals surface area contributed by atoms with E-state index in [1.54, 1.807) is 14.0 Å². The summed E-state index contributed by atoms with van der Waals surface area (Å²) in [6.07, 6.45) is 0. The molecular formula is C15H12O4. The molecule has 0 radical (unpaired) electrons. The Morgan fingerprint density at radius 3 is 2.53 bits per heavy atom. The van der Waals surface area contributed by atoms with E-state index < -0.39 is 5.97 Å². The lowest BCUT2D eigenvalue weighted by Crippen LogP contribution is -1.95. The summed E-state index contributed by atoms with van der Waals surface area (Å²) in [5.74, 6) is -0.367. The van der Waals surface area contributed by atoms with Crippen molar-refractivity contribution in [3.05, 3.63) is 41.7 Å². The first-order valence-corrected chi connectivity index (χ1v) is 5.85. The smallest absolute Gasteiger partial charge is 0.372 e. The Hall–Kier alpha value is -2.49. The van der Waals surface area contributed by atoms with Gasteiger partial charge in [0.05, 0.1) is 7.11 Å². The molecular weight excluding hydrogens is 244 g/mol. The summed E-state index contributed by atoms with van der Waals surface area (Å²) in [5.41, 5.74) is 1.21. The molecule has 3 aromatic rings. The molecule has 96 valence electrons. The minimum atomic E-state index is -1.06. The molecule has 0 saturated heterocycles. The van der Waals surface area contributed by atoms with Crippen LogP contribution in [0.4, 0.5) is 0 Å². The van der Waals surface area contributed by atoms with Gasteiger partial charge in [-0.15, -0.1) is 0 Å². The lowest BCUT2D eigenvalue weighted by molar-refractivity contribution is 0.0664. The minimum absolute atomic E-state index is 0.0200. The molecule has 4 heteroatoms. The molecule has 0 saturated carbocycles. The van der Waals surface area contributed by atoms with Gasteiger partial charge in [0.15, 0.2) is 0 Å². The third-order valence-corrected chi connectivity index (χ3v) is 3.32. The van der Waals surface area contributed by atoms with Crippen molar-refractivity contribution < 1.29 is 19.1 Å². The van der Waals surface area contributed by atoms with Gasteiger partial charge in [-0.05, 0) is 13.0 Å². The fraction of sp³-hybridized carbons (Fsp3) is 0.133. The standard InChI is InChI=1S/C15H12O4/c1-8-11-7-12(18-2)9-5-3-4-6-10(9)14(11)19-13(8)15(16)17/h3-7H,1-2H3,(H,16,17). The van der Waals surface area contributed by atoms with E-state index in [1.165, 1.54) is 0 Å². The first kappa shape index (κ1) is 11.6. The normalized spacial score (nSPS) is 11.1. The van der Waals surface area contributed by atoms with Crippen molar-refractivity contribution >= 4 is 27.7 Å². The largest absolute Gasteiger partial charge is 0.496 e. The van der Waals surface area contributed by atoms with Crippen molar-refractivity contribution in [2.75, 3.05) is 7.11 Å². The van der Waals surface area contributed by atoms with E-state index in [9.17, 15) is 4.79 Å². The molecule has 1 aromatic heterocycles. The maximum absolute atomic E-state index is 11.2. The highest BCUT2D eigenvalue weighted by Crippen LogP contribution is 2.37. The van der Waals surface area contributed by atoms with Crippen LogP contribution in [0.3, 0.4) is 0 Å². The molecule has 0 amide bonds. The van der Waals surface area contributed by atoms with E-state index in [-0.39, 0.29) is 5.76 Å². The highest BCUT2D eigenvalue weighted by Gasteiger charge is 2.19. The third-order valence-electron chi connectivity index (χ3n) is 3.32. The van der Waals surface area contributed by atoms with Gasteiger partial charge in [-0.25, -0.2) is 4.79 Å². The fourth-order valence-electron chi connectivity index (χ4n) is 2.38. The van der Waals surface area contributed by atoms with Gasteiger partial charge in [0, 0.05) is 21.7 Å². The predicted molar refractivity (Wildman–Crippen MR) is 72.0 cm³/mol. The van der Waals surface area contributed by atoms with Gasteiger partial charge in [0.1, 0.15) is 11.3 Å². The van der Waals surface area contributed by atoms with Crippen molar-refractivity contribution in [1.29, 1.82) is 0 Å². The lowest BCUT2D eigenvalue weighted by Gasteiger charge is -2.05. The van der Waals surface area contributed by atoms with Gasteiger partial charge < -0.3 is 14.3 Å². The average molecular weight is 256 g/mol. The van der Waals surface area contributed by atoms with Crippen LogP contribution in [0.25, 0.3) is 21.7 Å². The van der Waals surface area contributed by atoms with Crippen molar-refractivity contribution in [3.8, 4) is 5.75 Å². The van der Waals surface area contributed by atoms with Crippen LogP contribution in [0.15, 0.2) is 34.7 Å². The summed E-state index contributed by atoms with van der Waals surface area (Å²) in [5, 5.41) is 11.7. The highest BCUT2D eigenvalue weighted by atomic mass is 16.5. The number of carbonyl (C=O) groups is 1. The Kier molecular flexibility index (Phi) is 2.45. The molecule has 4 nitrogen and oxygen atoms in total. The van der Waals surface area contributed by atoms with Crippen LogP contribution < -0.4 is 4.74 Å². The van der Waals surface area contributed by atoms with Gasteiger partial charge in [-0.3, -0.25) is 0 Å². The fourth-order valence-corrected chi connectivity index (χ4v) is 2.38. The van der Waals surface area contributed by atoms with Crippen LogP contribution in [-0.2, 0) is 0 Å². The molecule has 0 aliphatic carbocycles. The minimum Gasteiger partial charge on any atom is -0.496 e. The number of methoxy groups -OCH3 is 1. The number of ether oxygens (including phenoxy) is 1. The maximum atomic E-state index is 11.2. The Morgan fingerprint density at radius 2 is 1.89 bits per heavy atom. The third kappa shape index (κ3) is 1.57. The maximum Gasteiger partial charge on any atom is 0.372 e. The van der Waals surface area contributed by atoms with Crippen LogP contribution >= 0.6 is 0 Å². The van der Waals surface area contributed by atoms with Crippen molar-refractivity contribution in [2.24, 2.45) is 0 Å². The lowest BCUT2D eigenvalue weighted by atomic mass is 10.0. The van der Waals surface area contributed by atoms with Gasteiger partial charge in [-0.2, -0.15) is 0 Å². The molecule has 0 aliphatic heterocycles. The van der Waals surface area contributed by atoms with Gasteiger partial charge in [0.2, 0.25) is 5.76 Å². The Bertz CT molecular complexity index is 799. The summed E-state index contributed by atoms with van der Waals surface area (Å²) >= 11 is 0. The molecule has 1 N–H and O–H groups in total. The number of aromatic carboxylic acids is 1. The first-order chi connectivity index (χ1) is 9.13. The van der Waals surface area contributed by atoms with Crippen LogP contribution in [0, 0.1) is 6.92 Å². The van der Waals surface area contributed by atoms with Crippen LogP contribution in [0.5, 0.6) is 5.75 Å². The SMILES string of the molecule is COc1cc2c(C)c(C(=O)O)oc2c2ccccc12. The van der Waals surface area contributed by atoms with E-state index in [1.807, 2.05) is 30.3 Å². The van der Waals surface area contributed by atoms with Crippen LogP contribution in [0.1, 0.15) is 16.1 Å². The van der Waals surface area contributed by atoms with E-state index >= 15 is 0 Å². The van der Waals surface area contributed by atoms with Gasteiger partial charge in [-0.1, -0.05) is 24.3 Å². The highest BCUT2D eigenvalue weighted by molar-refractivity contribution is 6.10. The van der Waals surface area contributed by atoms with E-state index in [4.69, 9.17) is 14.3 Å². The molecule has 19 heavy (non-hydrogen) atoms. The second-order valence-corrected chi connectivity index (χ2v) is 4.36. The van der Waals surface area contributed by atoms with E-state index in [2.05, 4.69) is 0 Å². The van der Waals surface area contributed by atoms with Crippen molar-refractivity contribution in [1.82, 2.24) is 0 Å². The average Bonchev–Trinajstić information content (AvgIpc) is 2.75. The molecule has 3 rings (SSSR count). The number of fused-ring (bicyclic) bond motifs is 3. The summed E-state index contributed by atoms with van der Waals surface area (Å²) in [7, 11) is 1.60. The number of hydrogen-bond acceptors (Lipinski definition) is 3. The second kappa shape index (κ2) is 4.02. The Labute approximate surface area is 109 Å². The predicted octanol–water partition coefficient (Wildman–Crippen LogP) is 3.60. The Balaban J connectivity index is 2.53. The monoisotopic (exact) mass is 256 g/mol. The molecule has 0 unspecified atom stereocenters. The zero-order valence-corrected chi connectivity index (χ0v) is 10.6. The van der Waals surface area contributed by atoms with E-state index in [0.717, 1.165) is 16.2 Å². The van der Waals surface area contributed by atoms with Crippen molar-refractivity contribution in [2.45, 2.75) is 6.92 Å². The number of hydrogen-bond donors (Lipinski definition) is 1. The number of carboxylic acids is 1. The number of rotatable bonds is 2. The van der Waals surface area contributed by atoms with Gasteiger partial charge >= 0.3 is 5.97 Å². The zero-order chi connectivity index (χ0) is 13.6. The molecule has 0 aliphatic rings. The first-order valence-electron chi connectivity index (χ1n) is 5.85. The molecule has 0 fully saturated rings. The number of aryl methyl sites for hydroxylation is 1. The van der Waals surface area contributed by atoms with Gasteiger partial charge in [0.25, 0.3) is 0 Å². The number of benzene rings is 2. The number of furan rings is 1. The topological polar surface area (TPSA) is 59.7 Å².